The summed E-state index contributed by atoms with van der Waals surface area (Å²) in [6, 6.07) is 9.53. The lowest BCUT2D eigenvalue weighted by atomic mass is 10.0. The van der Waals surface area contributed by atoms with E-state index in [1.54, 1.807) is 17.9 Å². The van der Waals surface area contributed by atoms with E-state index in [0.717, 1.165) is 22.6 Å². The Morgan fingerprint density at radius 1 is 1.17 bits per heavy atom. The monoisotopic (exact) mass is 412 g/mol. The van der Waals surface area contributed by atoms with E-state index in [4.69, 9.17) is 16.3 Å². The van der Waals surface area contributed by atoms with Crippen LogP contribution in [-0.2, 0) is 14.3 Å². The molecule has 0 N–H and O–H groups in total. The zero-order valence-electron chi connectivity index (χ0n) is 17.5. The number of esters is 1. The van der Waals surface area contributed by atoms with Gasteiger partial charge in [0.05, 0.1) is 29.0 Å². The van der Waals surface area contributed by atoms with E-state index in [-0.39, 0.29) is 11.9 Å². The Balaban J connectivity index is 2.17. The van der Waals surface area contributed by atoms with Crippen LogP contribution in [0.4, 0.5) is 0 Å². The van der Waals surface area contributed by atoms with E-state index in [1.807, 2.05) is 62.6 Å². The molecule has 0 aliphatic carbocycles. The first-order chi connectivity index (χ1) is 13.7. The smallest absolute Gasteiger partial charge is 0.340 e. The van der Waals surface area contributed by atoms with Crippen molar-refractivity contribution in [3.63, 3.8) is 0 Å². The highest BCUT2D eigenvalue weighted by Gasteiger charge is 2.38. The highest BCUT2D eigenvalue weighted by Crippen LogP contribution is 2.34. The van der Waals surface area contributed by atoms with Crippen molar-refractivity contribution in [3.05, 3.63) is 69.1 Å². The minimum atomic E-state index is -0.509. The molecule has 1 aliphatic rings. The predicted octanol–water partition coefficient (Wildman–Crippen LogP) is 4.83. The summed E-state index contributed by atoms with van der Waals surface area (Å²) in [5, 5.41) is 0.641. The molecule has 152 valence electrons. The maximum atomic E-state index is 13.1. The standard InChI is InChI=1S/C23H25ClN2O3/c1-13(2)25-16(5)21(23(28)29-6)18(22(25)27)12-17-11-14(3)26(15(17)4)20-10-8-7-9-19(20)24/h7-13H,1-6H3/b18-12-. The highest BCUT2D eigenvalue weighted by molar-refractivity contribution is 6.32. The number of rotatable bonds is 4. The summed E-state index contributed by atoms with van der Waals surface area (Å²) in [4.78, 5) is 27.2. The molecule has 1 aromatic heterocycles. The van der Waals surface area contributed by atoms with Crippen LogP contribution in [0.25, 0.3) is 11.8 Å². The molecule has 2 aromatic rings. The molecular weight excluding hydrogens is 388 g/mol. The minimum absolute atomic E-state index is 0.0661. The van der Waals surface area contributed by atoms with Crippen molar-refractivity contribution in [1.82, 2.24) is 9.47 Å². The van der Waals surface area contributed by atoms with Gasteiger partial charge in [-0.05, 0) is 64.5 Å². The van der Waals surface area contributed by atoms with E-state index in [9.17, 15) is 9.59 Å². The van der Waals surface area contributed by atoms with Gasteiger partial charge in [0.2, 0.25) is 0 Å². The Labute approximate surface area is 176 Å². The maximum Gasteiger partial charge on any atom is 0.340 e. The molecule has 1 amide bonds. The zero-order valence-corrected chi connectivity index (χ0v) is 18.3. The Morgan fingerprint density at radius 3 is 2.41 bits per heavy atom. The number of aryl methyl sites for hydroxylation is 1. The van der Waals surface area contributed by atoms with Crippen molar-refractivity contribution in [2.45, 2.75) is 40.7 Å². The second kappa shape index (κ2) is 7.91. The molecule has 2 heterocycles. The highest BCUT2D eigenvalue weighted by atomic mass is 35.5. The molecule has 1 aromatic carbocycles. The van der Waals surface area contributed by atoms with Crippen LogP contribution < -0.4 is 0 Å². The van der Waals surface area contributed by atoms with Crippen LogP contribution in [0.1, 0.15) is 37.7 Å². The van der Waals surface area contributed by atoms with Crippen LogP contribution in [0.15, 0.2) is 47.2 Å². The first-order valence-electron chi connectivity index (χ1n) is 9.47. The number of allylic oxidation sites excluding steroid dienone is 1. The van der Waals surface area contributed by atoms with E-state index in [1.165, 1.54) is 7.11 Å². The number of ether oxygens (including phenoxy) is 1. The number of aromatic nitrogens is 1. The first-order valence-corrected chi connectivity index (χ1v) is 9.85. The topological polar surface area (TPSA) is 51.5 Å². The number of carbonyl (C=O) groups is 2. The van der Waals surface area contributed by atoms with Gasteiger partial charge in [-0.1, -0.05) is 23.7 Å². The summed E-state index contributed by atoms with van der Waals surface area (Å²) in [6.07, 6.45) is 1.77. The van der Waals surface area contributed by atoms with Gasteiger partial charge >= 0.3 is 5.97 Å². The number of hydrogen-bond donors (Lipinski definition) is 0. The van der Waals surface area contributed by atoms with Crippen LogP contribution in [-0.4, -0.2) is 34.5 Å². The van der Waals surface area contributed by atoms with Gasteiger partial charge in [0.1, 0.15) is 0 Å². The van der Waals surface area contributed by atoms with Crippen LogP contribution in [0.3, 0.4) is 0 Å². The van der Waals surface area contributed by atoms with Gasteiger partial charge in [-0.15, -0.1) is 0 Å². The number of benzene rings is 1. The number of para-hydroxylation sites is 1. The normalized spacial score (nSPS) is 15.8. The second-order valence-electron chi connectivity index (χ2n) is 7.39. The van der Waals surface area contributed by atoms with Crippen LogP contribution in [0.5, 0.6) is 0 Å². The lowest BCUT2D eigenvalue weighted by Crippen LogP contribution is -2.31. The van der Waals surface area contributed by atoms with Gasteiger partial charge in [0, 0.05) is 23.1 Å². The van der Waals surface area contributed by atoms with Crippen molar-refractivity contribution >= 4 is 29.6 Å². The number of methoxy groups -OCH3 is 1. The molecule has 6 heteroatoms. The zero-order chi connectivity index (χ0) is 21.5. The summed E-state index contributed by atoms with van der Waals surface area (Å²) in [7, 11) is 1.33. The fourth-order valence-corrected chi connectivity index (χ4v) is 4.13. The second-order valence-corrected chi connectivity index (χ2v) is 7.80. The van der Waals surface area contributed by atoms with Gasteiger partial charge in [-0.3, -0.25) is 4.79 Å². The molecule has 0 saturated carbocycles. The largest absolute Gasteiger partial charge is 0.465 e. The lowest BCUT2D eigenvalue weighted by molar-refractivity contribution is -0.136. The molecule has 0 saturated heterocycles. The van der Waals surface area contributed by atoms with Crippen LogP contribution >= 0.6 is 11.6 Å². The molecule has 1 aliphatic heterocycles. The molecule has 0 spiro atoms. The molecule has 0 unspecified atom stereocenters. The van der Waals surface area contributed by atoms with Crippen LogP contribution in [0, 0.1) is 13.8 Å². The first kappa shape index (κ1) is 20.9. The summed E-state index contributed by atoms with van der Waals surface area (Å²) in [6.45, 7) is 9.57. The Kier molecular flexibility index (Phi) is 5.71. The van der Waals surface area contributed by atoms with E-state index >= 15 is 0 Å². The Hall–Kier alpha value is -2.79. The third kappa shape index (κ3) is 3.51. The minimum Gasteiger partial charge on any atom is -0.465 e. The molecule has 0 radical (unpaired) electrons. The predicted molar refractivity (Wildman–Crippen MR) is 115 cm³/mol. The average molecular weight is 413 g/mol. The van der Waals surface area contributed by atoms with Crippen molar-refractivity contribution in [2.75, 3.05) is 7.11 Å². The van der Waals surface area contributed by atoms with Gasteiger partial charge in [0.25, 0.3) is 5.91 Å². The number of nitrogens with zero attached hydrogens (tertiary/aromatic N) is 2. The van der Waals surface area contributed by atoms with E-state index in [0.29, 0.717) is 21.9 Å². The fourth-order valence-electron chi connectivity index (χ4n) is 3.91. The summed E-state index contributed by atoms with van der Waals surface area (Å²) in [5.74, 6) is -0.703. The molecule has 29 heavy (non-hydrogen) atoms. The van der Waals surface area contributed by atoms with Gasteiger partial charge in [0.15, 0.2) is 0 Å². The van der Waals surface area contributed by atoms with Gasteiger partial charge < -0.3 is 14.2 Å². The van der Waals surface area contributed by atoms with Crippen molar-refractivity contribution in [3.8, 4) is 5.69 Å². The van der Waals surface area contributed by atoms with Crippen LogP contribution in [0.2, 0.25) is 5.02 Å². The lowest BCUT2D eigenvalue weighted by Gasteiger charge is -2.22. The Morgan fingerprint density at radius 2 is 1.83 bits per heavy atom. The summed E-state index contributed by atoms with van der Waals surface area (Å²) in [5.41, 5.74) is 4.91. The third-order valence-corrected chi connectivity index (χ3v) is 5.53. The number of carbonyl (C=O) groups excluding carboxylic acids is 2. The fraction of sp³-hybridized carbons (Fsp3) is 0.304. The summed E-state index contributed by atoms with van der Waals surface area (Å²) < 4.78 is 7.00. The number of hydrogen-bond acceptors (Lipinski definition) is 3. The molecule has 3 rings (SSSR count). The van der Waals surface area contributed by atoms with Crippen molar-refractivity contribution in [2.24, 2.45) is 0 Å². The van der Waals surface area contributed by atoms with Crippen molar-refractivity contribution < 1.29 is 14.3 Å². The van der Waals surface area contributed by atoms with Crippen molar-refractivity contribution in [1.29, 1.82) is 0 Å². The van der Waals surface area contributed by atoms with Gasteiger partial charge in [-0.2, -0.15) is 0 Å². The van der Waals surface area contributed by atoms with E-state index < -0.39 is 5.97 Å². The van der Waals surface area contributed by atoms with E-state index in [2.05, 4.69) is 0 Å². The SMILES string of the molecule is COC(=O)C1=C(C)N(C(C)C)C(=O)/C1=C\c1cc(C)n(-c2ccccc2Cl)c1C. The average Bonchev–Trinajstić information content (AvgIpc) is 3.08. The maximum absolute atomic E-state index is 13.1. The third-order valence-electron chi connectivity index (χ3n) is 5.21. The molecule has 0 atom stereocenters. The molecule has 0 bridgehead atoms. The number of halogens is 1. The molecule has 0 fully saturated rings. The number of amides is 1. The summed E-state index contributed by atoms with van der Waals surface area (Å²) >= 11 is 6.40. The molecule has 5 nitrogen and oxygen atoms in total. The molecular formula is C23H25ClN2O3. The quantitative estimate of drug-likeness (QED) is 0.534. The Bertz CT molecular complexity index is 1060. The van der Waals surface area contributed by atoms with Gasteiger partial charge in [-0.25, -0.2) is 4.79 Å².